The average molecular weight is 435 g/mol. The molecule has 1 atom stereocenters. The molecule has 1 aliphatic heterocycles. The molecule has 1 aromatic heterocycles. The third-order valence-electron chi connectivity index (χ3n) is 5.81. The van der Waals surface area contributed by atoms with Crippen LogP contribution in [0.3, 0.4) is 0 Å². The van der Waals surface area contributed by atoms with Gasteiger partial charge in [-0.1, -0.05) is 20.8 Å². The van der Waals surface area contributed by atoms with Gasteiger partial charge in [0, 0.05) is 42.6 Å². The van der Waals surface area contributed by atoms with Gasteiger partial charge in [-0.3, -0.25) is 14.5 Å². The fraction of sp³-hybridized carbons (Fsp3) is 0.524. The molecule has 164 valence electrons. The molecule has 3 rings (SSSR count). The second-order valence-corrected chi connectivity index (χ2v) is 9.42. The fourth-order valence-corrected chi connectivity index (χ4v) is 5.63. The summed E-state index contributed by atoms with van der Waals surface area (Å²) >= 11 is 0. The van der Waals surface area contributed by atoms with E-state index in [-0.39, 0.29) is 22.4 Å². The van der Waals surface area contributed by atoms with Crippen LogP contribution in [-0.4, -0.2) is 67.3 Å². The van der Waals surface area contributed by atoms with Crippen molar-refractivity contribution in [2.24, 2.45) is 0 Å². The van der Waals surface area contributed by atoms with Gasteiger partial charge in [-0.05, 0) is 44.1 Å². The highest BCUT2D eigenvalue weighted by atomic mass is 32.2. The molecule has 1 aliphatic rings. The van der Waals surface area contributed by atoms with E-state index in [2.05, 4.69) is 22.1 Å². The van der Waals surface area contributed by atoms with Gasteiger partial charge in [0.15, 0.2) is 0 Å². The molecule has 0 aliphatic carbocycles. The van der Waals surface area contributed by atoms with Crippen molar-refractivity contribution in [3.05, 3.63) is 40.2 Å². The van der Waals surface area contributed by atoms with Crippen LogP contribution in [-0.2, 0) is 10.0 Å². The molecule has 1 fully saturated rings. The third-order valence-corrected chi connectivity index (χ3v) is 7.85. The maximum Gasteiger partial charge on any atom is 0.252 e. The number of carbonyl (C=O) groups excluding carboxylic acids is 1. The number of amides is 1. The molecule has 2 N–H and O–H groups in total. The number of likely N-dealkylation sites (N-methyl/N-ethyl adjacent to an activating group) is 1. The van der Waals surface area contributed by atoms with Crippen LogP contribution in [0.5, 0.6) is 0 Å². The maximum atomic E-state index is 12.9. The number of hydrogen-bond acceptors (Lipinski definition) is 5. The van der Waals surface area contributed by atoms with Crippen LogP contribution in [0.1, 0.15) is 44.0 Å². The van der Waals surface area contributed by atoms with E-state index >= 15 is 0 Å². The Hall–Kier alpha value is -2.23. The number of likely N-dealkylation sites (tertiary alicyclic amines) is 1. The zero-order chi connectivity index (χ0) is 21.9. The molecule has 9 heteroatoms. The molecule has 2 aromatic rings. The van der Waals surface area contributed by atoms with Crippen LogP contribution in [0, 0.1) is 0 Å². The molecule has 8 nitrogen and oxygen atoms in total. The molecule has 2 heterocycles. The van der Waals surface area contributed by atoms with Crippen LogP contribution < -0.4 is 10.9 Å². The van der Waals surface area contributed by atoms with E-state index in [4.69, 9.17) is 0 Å². The smallest absolute Gasteiger partial charge is 0.252 e. The minimum atomic E-state index is -3.68. The molecule has 0 radical (unpaired) electrons. The summed E-state index contributed by atoms with van der Waals surface area (Å²) in [7, 11) is -3.68. The highest BCUT2D eigenvalue weighted by Crippen LogP contribution is 2.23. The third kappa shape index (κ3) is 4.43. The zero-order valence-electron chi connectivity index (χ0n) is 17.8. The predicted molar refractivity (Wildman–Crippen MR) is 117 cm³/mol. The number of nitrogens with one attached hydrogen (secondary N) is 2. The highest BCUT2D eigenvalue weighted by Gasteiger charge is 2.25. The van der Waals surface area contributed by atoms with Crippen molar-refractivity contribution < 1.29 is 13.2 Å². The highest BCUT2D eigenvalue weighted by molar-refractivity contribution is 7.89. The molecule has 1 amide bonds. The van der Waals surface area contributed by atoms with Gasteiger partial charge in [0.1, 0.15) is 0 Å². The number of sulfonamides is 1. The Morgan fingerprint density at radius 3 is 2.63 bits per heavy atom. The van der Waals surface area contributed by atoms with Crippen LogP contribution in [0.2, 0.25) is 0 Å². The largest absolute Gasteiger partial charge is 0.350 e. The lowest BCUT2D eigenvalue weighted by Gasteiger charge is -2.23. The number of pyridine rings is 1. The van der Waals surface area contributed by atoms with Crippen molar-refractivity contribution in [1.29, 1.82) is 0 Å². The lowest BCUT2D eigenvalue weighted by atomic mass is 10.1. The van der Waals surface area contributed by atoms with E-state index in [1.54, 1.807) is 19.9 Å². The quantitative estimate of drug-likeness (QED) is 0.659. The lowest BCUT2D eigenvalue weighted by Crippen LogP contribution is -2.40. The SMILES string of the molecule is CCN1CCC[C@H]1CNC(=O)c1cc(=O)[nH]c2ccc(S(=O)(=O)N(CC)CC)cc12. The maximum absolute atomic E-state index is 12.9. The van der Waals surface area contributed by atoms with E-state index < -0.39 is 15.6 Å². The van der Waals surface area contributed by atoms with Crippen LogP contribution in [0.4, 0.5) is 0 Å². The Kier molecular flexibility index (Phi) is 6.95. The van der Waals surface area contributed by atoms with Crippen molar-refractivity contribution >= 4 is 26.8 Å². The molecule has 0 unspecified atom stereocenters. The van der Waals surface area contributed by atoms with Crippen molar-refractivity contribution in [2.45, 2.75) is 44.6 Å². The minimum absolute atomic E-state index is 0.104. The second kappa shape index (κ2) is 9.28. The first-order valence-corrected chi connectivity index (χ1v) is 11.9. The summed E-state index contributed by atoms with van der Waals surface area (Å²) in [5, 5.41) is 3.35. The topological polar surface area (TPSA) is 103 Å². The summed E-state index contributed by atoms with van der Waals surface area (Å²) in [4.78, 5) is 30.1. The number of benzene rings is 1. The van der Waals surface area contributed by atoms with Gasteiger partial charge in [-0.15, -0.1) is 0 Å². The van der Waals surface area contributed by atoms with Crippen LogP contribution >= 0.6 is 0 Å². The van der Waals surface area contributed by atoms with E-state index in [9.17, 15) is 18.0 Å². The first-order valence-electron chi connectivity index (χ1n) is 10.5. The number of carbonyl (C=O) groups is 1. The molecule has 1 saturated heterocycles. The normalized spacial score (nSPS) is 17.7. The number of nitrogens with zero attached hydrogens (tertiary/aromatic N) is 2. The van der Waals surface area contributed by atoms with E-state index in [1.807, 2.05) is 0 Å². The van der Waals surface area contributed by atoms with Gasteiger partial charge in [-0.25, -0.2) is 8.42 Å². The summed E-state index contributed by atoms with van der Waals surface area (Å²) in [5.74, 6) is -0.369. The van der Waals surface area contributed by atoms with E-state index in [1.165, 1.54) is 22.5 Å². The summed E-state index contributed by atoms with van der Waals surface area (Å²) in [5.41, 5.74) is 0.219. The second-order valence-electron chi connectivity index (χ2n) is 7.48. The molecular formula is C21H30N4O4S. The summed E-state index contributed by atoms with van der Waals surface area (Å²) in [6, 6.07) is 6.00. The molecule has 30 heavy (non-hydrogen) atoms. The molecule has 0 saturated carbocycles. The fourth-order valence-electron chi connectivity index (χ4n) is 4.14. The molecule has 0 spiro atoms. The Balaban J connectivity index is 1.95. The summed E-state index contributed by atoms with van der Waals surface area (Å²) in [6.45, 7) is 8.82. The number of aromatic amines is 1. The summed E-state index contributed by atoms with van der Waals surface area (Å²) < 4.78 is 27.2. The van der Waals surface area contributed by atoms with Crippen LogP contribution in [0.15, 0.2) is 34.0 Å². The lowest BCUT2D eigenvalue weighted by molar-refractivity contribution is 0.0943. The van der Waals surface area contributed by atoms with Crippen molar-refractivity contribution in [3.8, 4) is 0 Å². The number of H-pyrrole nitrogens is 1. The van der Waals surface area contributed by atoms with Gasteiger partial charge in [0.2, 0.25) is 15.6 Å². The number of rotatable bonds is 8. The van der Waals surface area contributed by atoms with Gasteiger partial charge in [0.25, 0.3) is 5.91 Å². The Labute approximate surface area is 177 Å². The minimum Gasteiger partial charge on any atom is -0.350 e. The van der Waals surface area contributed by atoms with Gasteiger partial charge >= 0.3 is 0 Å². The average Bonchev–Trinajstić information content (AvgIpc) is 3.19. The molecule has 0 bridgehead atoms. The van der Waals surface area contributed by atoms with Gasteiger partial charge in [0.05, 0.1) is 10.5 Å². The van der Waals surface area contributed by atoms with Crippen molar-refractivity contribution in [3.63, 3.8) is 0 Å². The first kappa shape index (κ1) is 22.5. The van der Waals surface area contributed by atoms with Crippen molar-refractivity contribution in [1.82, 2.24) is 19.5 Å². The summed E-state index contributed by atoms with van der Waals surface area (Å²) in [6.07, 6.45) is 2.13. The molecule has 1 aromatic carbocycles. The van der Waals surface area contributed by atoms with Crippen molar-refractivity contribution in [2.75, 3.05) is 32.7 Å². The van der Waals surface area contributed by atoms with Gasteiger partial charge in [-0.2, -0.15) is 4.31 Å². The Bertz CT molecular complexity index is 1080. The Morgan fingerprint density at radius 1 is 1.23 bits per heavy atom. The van der Waals surface area contributed by atoms with Crippen LogP contribution in [0.25, 0.3) is 10.9 Å². The van der Waals surface area contributed by atoms with E-state index in [0.717, 1.165) is 25.9 Å². The number of fused-ring (bicyclic) bond motifs is 1. The predicted octanol–water partition coefficient (Wildman–Crippen LogP) is 1.77. The monoisotopic (exact) mass is 434 g/mol. The molecular weight excluding hydrogens is 404 g/mol. The van der Waals surface area contributed by atoms with Gasteiger partial charge < -0.3 is 10.3 Å². The zero-order valence-corrected chi connectivity index (χ0v) is 18.6. The number of aromatic nitrogens is 1. The standard InChI is InChI=1S/C21H30N4O4S/c1-4-24-11-7-8-15(24)14-22-21(27)18-13-20(26)23-19-10-9-16(12-17(18)19)30(28,29)25(5-2)6-3/h9-10,12-13,15H,4-8,11,14H2,1-3H3,(H,22,27)(H,23,26)/t15-/m0/s1. The van der Waals surface area contributed by atoms with E-state index in [0.29, 0.717) is 30.5 Å². The first-order chi connectivity index (χ1) is 14.3. The number of hydrogen-bond donors (Lipinski definition) is 2. The Morgan fingerprint density at radius 2 is 1.97 bits per heavy atom.